The van der Waals surface area contributed by atoms with E-state index in [1.165, 1.54) is 0 Å². The monoisotopic (exact) mass is 328 g/mol. The summed E-state index contributed by atoms with van der Waals surface area (Å²) >= 11 is 5.88. The number of nitrogens with zero attached hydrogens (tertiary/aromatic N) is 2. The lowest BCUT2D eigenvalue weighted by atomic mass is 10.1. The van der Waals surface area contributed by atoms with Gasteiger partial charge in [-0.25, -0.2) is 0 Å². The average Bonchev–Trinajstić information content (AvgIpc) is 3.04. The van der Waals surface area contributed by atoms with Gasteiger partial charge in [-0.2, -0.15) is 5.10 Å². The molecule has 3 aromatic rings. The molecule has 4 nitrogen and oxygen atoms in total. The summed E-state index contributed by atoms with van der Waals surface area (Å²) < 4.78 is 12.8. The van der Waals surface area contributed by atoms with E-state index in [2.05, 4.69) is 5.10 Å². The van der Waals surface area contributed by atoms with Crippen LogP contribution in [0, 0.1) is 0 Å². The van der Waals surface area contributed by atoms with Gasteiger partial charge >= 0.3 is 0 Å². The standard InChI is InChI=1S/C18H17ClN2O2/c1-22-10-9-21-13-15(12-20-21)14-3-2-4-18(11-14)23-17-7-5-16(19)6-8-17/h2-8,11-13H,9-10H2,1H3. The lowest BCUT2D eigenvalue weighted by Gasteiger charge is -2.07. The quantitative estimate of drug-likeness (QED) is 0.661. The molecule has 0 aliphatic rings. The van der Waals surface area contributed by atoms with Crippen molar-refractivity contribution in [3.63, 3.8) is 0 Å². The van der Waals surface area contributed by atoms with Crippen molar-refractivity contribution in [1.82, 2.24) is 9.78 Å². The summed E-state index contributed by atoms with van der Waals surface area (Å²) in [6.07, 6.45) is 3.84. The van der Waals surface area contributed by atoms with Crippen LogP contribution in [0.2, 0.25) is 5.02 Å². The number of hydrogen-bond donors (Lipinski definition) is 0. The van der Waals surface area contributed by atoms with Crippen molar-refractivity contribution in [1.29, 1.82) is 0 Å². The molecule has 0 spiro atoms. The van der Waals surface area contributed by atoms with E-state index in [0.29, 0.717) is 11.6 Å². The molecule has 0 unspecified atom stereocenters. The Bertz CT molecular complexity index is 769. The number of benzene rings is 2. The molecule has 0 atom stereocenters. The molecule has 2 aromatic carbocycles. The zero-order valence-electron chi connectivity index (χ0n) is 12.8. The number of methoxy groups -OCH3 is 1. The van der Waals surface area contributed by atoms with Gasteiger partial charge in [0.2, 0.25) is 0 Å². The highest BCUT2D eigenvalue weighted by atomic mass is 35.5. The second-order valence-electron chi connectivity index (χ2n) is 5.07. The summed E-state index contributed by atoms with van der Waals surface area (Å²) in [5.41, 5.74) is 2.10. The van der Waals surface area contributed by atoms with Gasteiger partial charge in [-0.1, -0.05) is 23.7 Å². The minimum Gasteiger partial charge on any atom is -0.457 e. The molecule has 0 aliphatic carbocycles. The summed E-state index contributed by atoms with van der Waals surface area (Å²) in [5.74, 6) is 1.52. The lowest BCUT2D eigenvalue weighted by molar-refractivity contribution is 0.183. The Hall–Kier alpha value is -2.30. The van der Waals surface area contributed by atoms with Crippen LogP contribution in [0.3, 0.4) is 0 Å². The molecule has 23 heavy (non-hydrogen) atoms. The first kappa shape index (κ1) is 15.6. The van der Waals surface area contributed by atoms with Crippen molar-refractivity contribution < 1.29 is 9.47 Å². The number of aromatic nitrogens is 2. The fourth-order valence-electron chi connectivity index (χ4n) is 2.20. The molecule has 0 radical (unpaired) electrons. The van der Waals surface area contributed by atoms with Crippen LogP contribution in [0.1, 0.15) is 0 Å². The average molecular weight is 329 g/mol. The van der Waals surface area contributed by atoms with Crippen LogP contribution in [-0.4, -0.2) is 23.5 Å². The highest BCUT2D eigenvalue weighted by Gasteiger charge is 2.04. The van der Waals surface area contributed by atoms with Crippen molar-refractivity contribution in [3.05, 3.63) is 65.9 Å². The number of rotatable bonds is 6. The Morgan fingerprint density at radius 3 is 2.65 bits per heavy atom. The maximum atomic E-state index is 5.88. The summed E-state index contributed by atoms with van der Waals surface area (Å²) in [4.78, 5) is 0. The van der Waals surface area contributed by atoms with Gasteiger partial charge in [0.1, 0.15) is 11.5 Å². The van der Waals surface area contributed by atoms with Crippen molar-refractivity contribution in [2.75, 3.05) is 13.7 Å². The van der Waals surface area contributed by atoms with Gasteiger partial charge in [0, 0.05) is 23.9 Å². The molecule has 0 bridgehead atoms. The van der Waals surface area contributed by atoms with Crippen LogP contribution in [0.5, 0.6) is 11.5 Å². The third kappa shape index (κ3) is 4.12. The third-order valence-electron chi connectivity index (χ3n) is 3.37. The highest BCUT2D eigenvalue weighted by Crippen LogP contribution is 2.27. The third-order valence-corrected chi connectivity index (χ3v) is 3.63. The SMILES string of the molecule is COCCn1cc(-c2cccc(Oc3ccc(Cl)cc3)c2)cn1. The molecular formula is C18H17ClN2O2. The van der Waals surface area contributed by atoms with Gasteiger partial charge in [-0.05, 0) is 42.0 Å². The summed E-state index contributed by atoms with van der Waals surface area (Å²) in [7, 11) is 1.68. The van der Waals surface area contributed by atoms with E-state index in [0.717, 1.165) is 29.2 Å². The fourth-order valence-corrected chi connectivity index (χ4v) is 2.32. The second-order valence-corrected chi connectivity index (χ2v) is 5.51. The largest absolute Gasteiger partial charge is 0.457 e. The van der Waals surface area contributed by atoms with Crippen molar-refractivity contribution in [2.24, 2.45) is 0 Å². The van der Waals surface area contributed by atoms with E-state index < -0.39 is 0 Å². The Kier molecular flexibility index (Phi) is 4.95. The maximum absolute atomic E-state index is 5.88. The van der Waals surface area contributed by atoms with Gasteiger partial charge in [0.15, 0.2) is 0 Å². The van der Waals surface area contributed by atoms with E-state index in [-0.39, 0.29) is 0 Å². The lowest BCUT2D eigenvalue weighted by Crippen LogP contribution is -2.03. The number of halogens is 1. The Morgan fingerprint density at radius 1 is 1.04 bits per heavy atom. The summed E-state index contributed by atoms with van der Waals surface area (Å²) in [5, 5.41) is 5.02. The van der Waals surface area contributed by atoms with Crippen LogP contribution in [0.25, 0.3) is 11.1 Å². The molecule has 0 saturated carbocycles. The molecule has 1 heterocycles. The second kappa shape index (κ2) is 7.31. The van der Waals surface area contributed by atoms with Gasteiger partial charge in [-0.3, -0.25) is 4.68 Å². The van der Waals surface area contributed by atoms with Crippen molar-refractivity contribution >= 4 is 11.6 Å². The highest BCUT2D eigenvalue weighted by molar-refractivity contribution is 6.30. The van der Waals surface area contributed by atoms with Crippen LogP contribution < -0.4 is 4.74 Å². The first-order valence-corrected chi connectivity index (χ1v) is 7.67. The molecule has 0 fully saturated rings. The maximum Gasteiger partial charge on any atom is 0.128 e. The molecule has 118 valence electrons. The predicted molar refractivity (Wildman–Crippen MR) is 91.1 cm³/mol. The molecule has 0 N–H and O–H groups in total. The van der Waals surface area contributed by atoms with E-state index in [1.54, 1.807) is 19.2 Å². The Balaban J connectivity index is 1.76. The van der Waals surface area contributed by atoms with E-state index >= 15 is 0 Å². The van der Waals surface area contributed by atoms with Crippen LogP contribution in [0.4, 0.5) is 0 Å². The molecule has 3 rings (SSSR count). The van der Waals surface area contributed by atoms with Crippen LogP contribution in [-0.2, 0) is 11.3 Å². The Morgan fingerprint density at radius 2 is 1.87 bits per heavy atom. The van der Waals surface area contributed by atoms with Crippen molar-refractivity contribution in [2.45, 2.75) is 6.54 Å². The zero-order chi connectivity index (χ0) is 16.1. The molecule has 0 aliphatic heterocycles. The van der Waals surface area contributed by atoms with Gasteiger partial charge < -0.3 is 9.47 Å². The van der Waals surface area contributed by atoms with E-state index in [4.69, 9.17) is 21.1 Å². The number of ether oxygens (including phenoxy) is 2. The normalized spacial score (nSPS) is 10.7. The summed E-state index contributed by atoms with van der Waals surface area (Å²) in [6, 6.07) is 15.2. The molecular weight excluding hydrogens is 312 g/mol. The smallest absolute Gasteiger partial charge is 0.128 e. The van der Waals surface area contributed by atoms with Gasteiger partial charge in [0.05, 0.1) is 19.3 Å². The topological polar surface area (TPSA) is 36.3 Å². The predicted octanol–water partition coefficient (Wildman–Crippen LogP) is 4.64. The van der Waals surface area contributed by atoms with E-state index in [1.807, 2.05) is 53.5 Å². The summed E-state index contributed by atoms with van der Waals surface area (Å²) in [6.45, 7) is 1.37. The van der Waals surface area contributed by atoms with Gasteiger partial charge in [-0.15, -0.1) is 0 Å². The molecule has 0 saturated heterocycles. The fraction of sp³-hybridized carbons (Fsp3) is 0.167. The molecule has 5 heteroatoms. The Labute approximate surface area is 140 Å². The van der Waals surface area contributed by atoms with Crippen LogP contribution in [0.15, 0.2) is 60.9 Å². The molecule has 0 amide bonds. The first-order chi connectivity index (χ1) is 11.2. The zero-order valence-corrected chi connectivity index (χ0v) is 13.5. The van der Waals surface area contributed by atoms with Crippen LogP contribution >= 0.6 is 11.6 Å². The molecule has 1 aromatic heterocycles. The van der Waals surface area contributed by atoms with Gasteiger partial charge in [0.25, 0.3) is 0 Å². The minimum absolute atomic E-state index is 0.640. The minimum atomic E-state index is 0.640. The number of hydrogen-bond acceptors (Lipinski definition) is 3. The first-order valence-electron chi connectivity index (χ1n) is 7.30. The van der Waals surface area contributed by atoms with Crippen molar-refractivity contribution in [3.8, 4) is 22.6 Å². The van der Waals surface area contributed by atoms with E-state index in [9.17, 15) is 0 Å².